The molecule has 1 aliphatic carbocycles. The number of hydrogen-bond acceptors (Lipinski definition) is 6. The fraction of sp³-hybridized carbons (Fsp3) is 0.565. The summed E-state index contributed by atoms with van der Waals surface area (Å²) in [5.41, 5.74) is 9.42. The maximum atomic E-state index is 9.46. The van der Waals surface area contributed by atoms with E-state index in [1.807, 2.05) is 31.1 Å². The van der Waals surface area contributed by atoms with Gasteiger partial charge in [-0.05, 0) is 53.9 Å². The monoisotopic (exact) mass is 528 g/mol. The highest BCUT2D eigenvalue weighted by atomic mass is 79.9. The molecule has 5 N–H and O–H groups in total. The van der Waals surface area contributed by atoms with Crippen molar-refractivity contribution in [3.8, 4) is 5.75 Å². The molecule has 2 aliphatic rings. The normalized spacial score (nSPS) is 16.6. The minimum absolute atomic E-state index is 0.125. The van der Waals surface area contributed by atoms with E-state index < -0.39 is 0 Å². The topological polar surface area (TPSA) is 76.6 Å². The van der Waals surface area contributed by atoms with Gasteiger partial charge in [0.1, 0.15) is 11.4 Å². The number of likely N-dealkylation sites (N-methyl/N-ethyl adjacent to an activating group) is 1. The van der Waals surface area contributed by atoms with Crippen LogP contribution in [0.1, 0.15) is 26.2 Å². The summed E-state index contributed by atoms with van der Waals surface area (Å²) in [6, 6.07) is 4.11. The van der Waals surface area contributed by atoms with Crippen molar-refractivity contribution in [1.82, 2.24) is 15.2 Å². The molecule has 1 aliphatic heterocycles. The van der Waals surface area contributed by atoms with Gasteiger partial charge in [0.15, 0.2) is 5.69 Å². The van der Waals surface area contributed by atoms with Gasteiger partial charge < -0.3 is 25.5 Å². The number of anilines is 1. The summed E-state index contributed by atoms with van der Waals surface area (Å²) < 4.78 is 7.35. The van der Waals surface area contributed by atoms with Crippen molar-refractivity contribution in [3.05, 3.63) is 39.2 Å². The summed E-state index contributed by atoms with van der Waals surface area (Å²) >= 11 is 10.2. The lowest BCUT2D eigenvalue weighted by Crippen LogP contribution is -2.78. The highest BCUT2D eigenvalue weighted by molar-refractivity contribution is 9.10. The standard InChI is InChI=1S/C23H35BrClN5O2/c1-4-9-30(10-11-31)14-17-12-18(25)15-29(3)23(17)32-20-8-7-19(27-13-16-5-6-16)22(21(20)24)28-26-2/h7-8,12,16,26-28,31H,4-6,9-11,13-15H2,1-3H3/p+1. The number of nitrogens with zero attached hydrogens (tertiary/aromatic N) is 2. The van der Waals surface area contributed by atoms with Gasteiger partial charge in [0.2, 0.25) is 5.88 Å². The van der Waals surface area contributed by atoms with Crippen LogP contribution >= 0.6 is 27.5 Å². The highest BCUT2D eigenvalue weighted by Gasteiger charge is 2.26. The van der Waals surface area contributed by atoms with Crippen LogP contribution < -0.4 is 20.9 Å². The second-order valence-electron chi connectivity index (χ2n) is 8.48. The molecule has 1 aromatic carbocycles. The number of hydrogen-bond donors (Lipinski definition) is 4. The van der Waals surface area contributed by atoms with Gasteiger partial charge in [-0.15, -0.1) is 0 Å². The summed E-state index contributed by atoms with van der Waals surface area (Å²) in [6.45, 7) is 6.15. The second kappa shape index (κ2) is 12.3. The van der Waals surface area contributed by atoms with E-state index >= 15 is 0 Å². The predicted octanol–water partition coefficient (Wildman–Crippen LogP) is 2.96. The molecule has 1 fully saturated rings. The Hall–Kier alpha value is -1.29. The average molecular weight is 530 g/mol. The first-order valence-electron chi connectivity index (χ1n) is 11.4. The molecule has 1 aromatic rings. The first-order valence-corrected chi connectivity index (χ1v) is 12.5. The third-order valence-corrected chi connectivity index (χ3v) is 6.67. The SMILES string of the molecule is CCCN(CCO)CC1=C(Oc2ccc([NH2+]CC3CC3)c(NNC)c2Br)N(C)CC(Cl)=C1. The van der Waals surface area contributed by atoms with Crippen molar-refractivity contribution in [2.45, 2.75) is 26.2 Å². The molecule has 0 amide bonds. The number of halogens is 2. The summed E-state index contributed by atoms with van der Waals surface area (Å²) in [4.78, 5) is 4.25. The summed E-state index contributed by atoms with van der Waals surface area (Å²) in [5.74, 6) is 2.35. The molecule has 0 unspecified atom stereocenters. The van der Waals surface area contributed by atoms with Gasteiger partial charge in [-0.2, -0.15) is 0 Å². The van der Waals surface area contributed by atoms with Crippen molar-refractivity contribution in [2.75, 3.05) is 58.9 Å². The number of nitrogens with two attached hydrogens (primary N) is 1. The molecule has 1 heterocycles. The van der Waals surface area contributed by atoms with Crippen LogP contribution in [0.25, 0.3) is 0 Å². The zero-order valence-electron chi connectivity index (χ0n) is 19.3. The Morgan fingerprint density at radius 3 is 2.78 bits per heavy atom. The number of hydrazine groups is 1. The maximum Gasteiger partial charge on any atom is 0.200 e. The molecule has 3 rings (SSSR count). The Morgan fingerprint density at radius 1 is 1.34 bits per heavy atom. The smallest absolute Gasteiger partial charge is 0.200 e. The molecule has 0 atom stereocenters. The zero-order chi connectivity index (χ0) is 23.1. The molecule has 0 radical (unpaired) electrons. The average Bonchev–Trinajstić information content (AvgIpc) is 3.57. The van der Waals surface area contributed by atoms with E-state index in [0.29, 0.717) is 19.6 Å². The van der Waals surface area contributed by atoms with Crippen LogP contribution in [0.5, 0.6) is 5.75 Å². The van der Waals surface area contributed by atoms with Crippen molar-refractivity contribution in [2.24, 2.45) is 5.92 Å². The summed E-state index contributed by atoms with van der Waals surface area (Å²) in [5, 5.41) is 12.5. The molecule has 0 aromatic heterocycles. The first kappa shape index (κ1) is 25.3. The fourth-order valence-electron chi connectivity index (χ4n) is 3.89. The lowest BCUT2D eigenvalue weighted by Gasteiger charge is -2.31. The van der Waals surface area contributed by atoms with Gasteiger partial charge in [0.25, 0.3) is 0 Å². The highest BCUT2D eigenvalue weighted by Crippen LogP contribution is 2.38. The molecular formula is C23H36BrClN5O2+. The van der Waals surface area contributed by atoms with Gasteiger partial charge in [-0.1, -0.05) is 18.5 Å². The number of rotatable bonds is 13. The molecule has 9 heteroatoms. The lowest BCUT2D eigenvalue weighted by molar-refractivity contribution is -0.574. The second-order valence-corrected chi connectivity index (χ2v) is 9.76. The van der Waals surface area contributed by atoms with Crippen LogP contribution in [0.15, 0.2) is 39.2 Å². The third kappa shape index (κ3) is 6.85. The zero-order valence-corrected chi connectivity index (χ0v) is 21.6. The van der Waals surface area contributed by atoms with Crippen LogP contribution in [0.3, 0.4) is 0 Å². The number of nitrogens with one attached hydrogen (secondary N) is 2. The van der Waals surface area contributed by atoms with Crippen molar-refractivity contribution >= 4 is 38.9 Å². The number of benzene rings is 1. The minimum atomic E-state index is 0.125. The number of ether oxygens (including phenoxy) is 1. The Morgan fingerprint density at radius 2 is 2.12 bits per heavy atom. The van der Waals surface area contributed by atoms with Crippen LogP contribution in [-0.2, 0) is 0 Å². The quantitative estimate of drug-likeness (QED) is 0.233. The summed E-state index contributed by atoms with van der Waals surface area (Å²) in [7, 11) is 3.84. The Kier molecular flexibility index (Phi) is 9.70. The van der Waals surface area contributed by atoms with E-state index in [-0.39, 0.29) is 6.61 Å². The van der Waals surface area contributed by atoms with Gasteiger partial charge in [-0.3, -0.25) is 4.90 Å². The molecule has 32 heavy (non-hydrogen) atoms. The molecule has 7 nitrogen and oxygen atoms in total. The fourth-order valence-corrected chi connectivity index (χ4v) is 4.74. The third-order valence-electron chi connectivity index (χ3n) is 5.65. The number of aliphatic hydroxyl groups excluding tert-OH is 1. The first-order chi connectivity index (χ1) is 15.5. The van der Waals surface area contributed by atoms with E-state index in [4.69, 9.17) is 16.3 Å². The molecule has 178 valence electrons. The van der Waals surface area contributed by atoms with E-state index in [9.17, 15) is 5.11 Å². The van der Waals surface area contributed by atoms with Crippen LogP contribution in [0.2, 0.25) is 0 Å². The molecule has 1 saturated carbocycles. The maximum absolute atomic E-state index is 9.46. The van der Waals surface area contributed by atoms with Crippen molar-refractivity contribution in [1.29, 1.82) is 0 Å². The number of quaternary nitrogens is 1. The van der Waals surface area contributed by atoms with Gasteiger partial charge in [-0.25, -0.2) is 5.43 Å². The van der Waals surface area contributed by atoms with Crippen LogP contribution in [0, 0.1) is 5.92 Å². The Balaban J connectivity index is 1.88. The molecule has 0 bridgehead atoms. The number of aliphatic hydroxyl groups is 1. The predicted molar refractivity (Wildman–Crippen MR) is 134 cm³/mol. The van der Waals surface area contributed by atoms with Gasteiger partial charge >= 0.3 is 0 Å². The van der Waals surface area contributed by atoms with Crippen LogP contribution in [-0.4, -0.2) is 68.3 Å². The van der Waals surface area contributed by atoms with E-state index in [1.165, 1.54) is 12.8 Å². The van der Waals surface area contributed by atoms with Crippen molar-refractivity contribution in [3.63, 3.8) is 0 Å². The van der Waals surface area contributed by atoms with E-state index in [0.717, 1.165) is 63.5 Å². The molecule has 0 saturated heterocycles. The van der Waals surface area contributed by atoms with Gasteiger partial charge in [0, 0.05) is 49.8 Å². The molecular weight excluding hydrogens is 494 g/mol. The Bertz CT molecular complexity index is 838. The largest absolute Gasteiger partial charge is 0.440 e. The lowest BCUT2D eigenvalue weighted by atomic mass is 10.1. The van der Waals surface area contributed by atoms with Crippen LogP contribution in [0.4, 0.5) is 11.4 Å². The van der Waals surface area contributed by atoms with E-state index in [1.54, 1.807) is 0 Å². The van der Waals surface area contributed by atoms with E-state index in [2.05, 4.69) is 50.0 Å². The minimum Gasteiger partial charge on any atom is -0.440 e. The van der Waals surface area contributed by atoms with Gasteiger partial charge in [0.05, 0.1) is 24.2 Å². The molecule has 0 spiro atoms. The van der Waals surface area contributed by atoms with Crippen molar-refractivity contribution < 1.29 is 15.2 Å². The Labute approximate surface area is 204 Å². The summed E-state index contributed by atoms with van der Waals surface area (Å²) in [6.07, 6.45) is 5.67.